The average molecular weight is 573 g/mol. The molecule has 0 N–H and O–H groups in total. The zero-order chi connectivity index (χ0) is 22.9. The van der Waals surface area contributed by atoms with Crippen molar-refractivity contribution in [1.82, 2.24) is 0 Å². The number of rotatable bonds is 3. The highest BCUT2D eigenvalue weighted by atomic mass is 127. The highest BCUT2D eigenvalue weighted by Gasteiger charge is 2.52. The third-order valence-corrected chi connectivity index (χ3v) is 6.40. The van der Waals surface area contributed by atoms with Gasteiger partial charge in [-0.1, -0.05) is 23.2 Å². The van der Waals surface area contributed by atoms with Crippen molar-refractivity contribution in [3.63, 3.8) is 0 Å². The van der Waals surface area contributed by atoms with Crippen molar-refractivity contribution in [2.75, 3.05) is 14.2 Å². The second-order valence-corrected chi connectivity index (χ2v) is 9.47. The Morgan fingerprint density at radius 1 is 0.833 bits per heavy atom. The SMILES string of the molecule is COc1cc(Cl)c(F)cc1B1OC(C)(C)C(C)(C)O1.COc1cc(Cl)c(F)cc1I. The van der Waals surface area contributed by atoms with Gasteiger partial charge in [0.25, 0.3) is 0 Å². The van der Waals surface area contributed by atoms with E-state index in [2.05, 4.69) is 0 Å². The van der Waals surface area contributed by atoms with Crippen molar-refractivity contribution in [3.05, 3.63) is 49.5 Å². The van der Waals surface area contributed by atoms with Gasteiger partial charge in [0.1, 0.15) is 23.1 Å². The van der Waals surface area contributed by atoms with E-state index in [-0.39, 0.29) is 10.0 Å². The topological polar surface area (TPSA) is 36.9 Å². The largest absolute Gasteiger partial charge is 0.498 e. The molecule has 1 saturated heterocycles. The molecular formula is C20H22BCl2F2IO4. The Morgan fingerprint density at radius 2 is 1.27 bits per heavy atom. The molecule has 0 bridgehead atoms. The van der Waals surface area contributed by atoms with Crippen LogP contribution >= 0.6 is 45.8 Å². The van der Waals surface area contributed by atoms with E-state index in [1.165, 1.54) is 38.5 Å². The minimum atomic E-state index is -0.674. The number of benzene rings is 2. The Balaban J connectivity index is 0.000000248. The Hall–Kier alpha value is -0.805. The van der Waals surface area contributed by atoms with Crippen LogP contribution in [0.2, 0.25) is 10.0 Å². The molecule has 4 nitrogen and oxygen atoms in total. The molecule has 2 aromatic carbocycles. The van der Waals surface area contributed by atoms with Gasteiger partial charge in [-0.25, -0.2) is 8.78 Å². The van der Waals surface area contributed by atoms with Crippen molar-refractivity contribution in [1.29, 1.82) is 0 Å². The van der Waals surface area contributed by atoms with Crippen LogP contribution in [0.5, 0.6) is 11.5 Å². The first-order chi connectivity index (χ1) is 13.8. The predicted octanol–water partition coefficient (Wildman–Crippen LogP) is 5.88. The molecule has 0 aliphatic carbocycles. The van der Waals surface area contributed by atoms with Gasteiger partial charge in [0.05, 0.1) is 39.0 Å². The molecule has 2 aromatic rings. The van der Waals surface area contributed by atoms with Crippen LogP contribution in [0.1, 0.15) is 27.7 Å². The van der Waals surface area contributed by atoms with E-state index < -0.39 is 30.0 Å². The normalized spacial score (nSPS) is 16.7. The standard InChI is InChI=1S/C13H17BClFO3.C7H5ClFIO/c1-12(2)13(3,4)19-14(18-12)8-6-10(16)9(15)7-11(8)17-5;1-11-7-2-4(8)5(9)3-6(7)10/h6-7H,1-5H3;2-3H,1H3. The van der Waals surface area contributed by atoms with Crippen LogP contribution in [-0.2, 0) is 9.31 Å². The Labute approximate surface area is 199 Å². The fourth-order valence-corrected chi connectivity index (χ4v) is 3.49. The summed E-state index contributed by atoms with van der Waals surface area (Å²) in [6.07, 6.45) is 0. The first-order valence-electron chi connectivity index (χ1n) is 8.90. The Kier molecular flexibility index (Phi) is 8.29. The number of hydrogen-bond donors (Lipinski definition) is 0. The molecule has 1 heterocycles. The summed E-state index contributed by atoms with van der Waals surface area (Å²) < 4.78 is 48.9. The molecule has 0 aromatic heterocycles. The first kappa shape index (κ1) is 25.5. The van der Waals surface area contributed by atoms with E-state index in [0.29, 0.717) is 20.5 Å². The van der Waals surface area contributed by atoms with Crippen molar-refractivity contribution >= 4 is 58.4 Å². The number of methoxy groups -OCH3 is 2. The maximum absolute atomic E-state index is 13.6. The molecule has 30 heavy (non-hydrogen) atoms. The number of hydrogen-bond acceptors (Lipinski definition) is 4. The van der Waals surface area contributed by atoms with Crippen LogP contribution < -0.4 is 14.9 Å². The van der Waals surface area contributed by atoms with E-state index in [4.69, 9.17) is 42.0 Å². The molecule has 10 heteroatoms. The second kappa shape index (κ2) is 9.77. The summed E-state index contributed by atoms with van der Waals surface area (Å²) in [6, 6.07) is 5.51. The zero-order valence-electron chi connectivity index (χ0n) is 17.4. The van der Waals surface area contributed by atoms with Crippen LogP contribution in [0.3, 0.4) is 0 Å². The monoisotopic (exact) mass is 572 g/mol. The quantitative estimate of drug-likeness (QED) is 0.262. The number of ether oxygens (including phenoxy) is 2. The Bertz CT molecular complexity index is 912. The van der Waals surface area contributed by atoms with Crippen molar-refractivity contribution in [2.24, 2.45) is 0 Å². The minimum Gasteiger partial charge on any atom is -0.497 e. The van der Waals surface area contributed by atoms with Gasteiger partial charge in [-0.05, 0) is 62.4 Å². The third-order valence-electron chi connectivity index (χ3n) is 4.97. The van der Waals surface area contributed by atoms with Gasteiger partial charge in [-0.3, -0.25) is 0 Å². The number of halogens is 5. The smallest absolute Gasteiger partial charge is 0.497 e. The zero-order valence-corrected chi connectivity index (χ0v) is 21.1. The maximum atomic E-state index is 13.6. The van der Waals surface area contributed by atoms with Crippen molar-refractivity contribution in [3.8, 4) is 11.5 Å². The van der Waals surface area contributed by atoms with Gasteiger partial charge in [-0.2, -0.15) is 0 Å². The summed E-state index contributed by atoms with van der Waals surface area (Å²) in [5.74, 6) is 0.103. The molecule has 1 aliphatic heterocycles. The third kappa shape index (κ3) is 5.51. The van der Waals surface area contributed by atoms with Crippen molar-refractivity contribution < 1.29 is 27.6 Å². The molecule has 3 rings (SSSR count). The average Bonchev–Trinajstić information content (AvgIpc) is 2.88. The molecule has 0 atom stereocenters. The van der Waals surface area contributed by atoms with Crippen LogP contribution in [0.25, 0.3) is 0 Å². The molecule has 0 radical (unpaired) electrons. The molecule has 0 saturated carbocycles. The molecular weight excluding hydrogens is 551 g/mol. The Morgan fingerprint density at radius 3 is 1.73 bits per heavy atom. The summed E-state index contributed by atoms with van der Waals surface area (Å²) in [4.78, 5) is 0. The fourth-order valence-electron chi connectivity index (χ4n) is 2.54. The van der Waals surface area contributed by atoms with E-state index in [1.807, 2.05) is 50.3 Å². The van der Waals surface area contributed by atoms with Gasteiger partial charge in [-0.15, -0.1) is 0 Å². The van der Waals surface area contributed by atoms with Gasteiger partial charge in [0.15, 0.2) is 0 Å². The van der Waals surface area contributed by atoms with Gasteiger partial charge in [0, 0.05) is 17.6 Å². The van der Waals surface area contributed by atoms with Crippen LogP contribution in [0.15, 0.2) is 24.3 Å². The second-order valence-electron chi connectivity index (χ2n) is 7.50. The molecule has 1 aliphatic rings. The summed E-state index contributed by atoms with van der Waals surface area (Å²) in [5.41, 5.74) is -0.472. The van der Waals surface area contributed by atoms with E-state index >= 15 is 0 Å². The summed E-state index contributed by atoms with van der Waals surface area (Å²) in [6.45, 7) is 7.75. The summed E-state index contributed by atoms with van der Waals surface area (Å²) >= 11 is 13.2. The lowest BCUT2D eigenvalue weighted by molar-refractivity contribution is 0.00578. The van der Waals surface area contributed by atoms with Crippen molar-refractivity contribution in [2.45, 2.75) is 38.9 Å². The van der Waals surface area contributed by atoms with E-state index in [1.54, 1.807) is 0 Å². The minimum absolute atomic E-state index is 0.0112. The summed E-state index contributed by atoms with van der Waals surface area (Å²) in [7, 11) is 2.34. The summed E-state index contributed by atoms with van der Waals surface area (Å²) in [5, 5.41) is 0.0967. The molecule has 0 amide bonds. The molecule has 164 valence electrons. The van der Waals surface area contributed by atoms with Gasteiger partial charge in [0.2, 0.25) is 0 Å². The molecule has 1 fully saturated rings. The van der Waals surface area contributed by atoms with Crippen LogP contribution in [0.4, 0.5) is 8.78 Å². The molecule has 0 spiro atoms. The van der Waals surface area contributed by atoms with E-state index in [0.717, 1.165) is 0 Å². The van der Waals surface area contributed by atoms with Gasteiger partial charge >= 0.3 is 7.12 Å². The molecule has 0 unspecified atom stereocenters. The first-order valence-corrected chi connectivity index (χ1v) is 10.7. The fraction of sp³-hybridized carbons (Fsp3) is 0.400. The lowest BCUT2D eigenvalue weighted by Gasteiger charge is -2.32. The van der Waals surface area contributed by atoms with Crippen LogP contribution in [0, 0.1) is 15.2 Å². The maximum Gasteiger partial charge on any atom is 0.498 e. The lowest BCUT2D eigenvalue weighted by Crippen LogP contribution is -2.41. The predicted molar refractivity (Wildman–Crippen MR) is 124 cm³/mol. The highest BCUT2D eigenvalue weighted by molar-refractivity contribution is 14.1. The lowest BCUT2D eigenvalue weighted by atomic mass is 9.78. The van der Waals surface area contributed by atoms with Crippen LogP contribution in [-0.4, -0.2) is 32.5 Å². The highest BCUT2D eigenvalue weighted by Crippen LogP contribution is 2.37. The van der Waals surface area contributed by atoms with Gasteiger partial charge < -0.3 is 18.8 Å². The van der Waals surface area contributed by atoms with E-state index in [9.17, 15) is 8.78 Å².